The van der Waals surface area contributed by atoms with Gasteiger partial charge in [0, 0.05) is 22.7 Å². The molecule has 0 atom stereocenters. The lowest BCUT2D eigenvalue weighted by Crippen LogP contribution is -2.07. The SMILES string of the molecule is Nc1cn(-c2ccccc2C(=O)c2ccccc2)c2ccccc12. The molecule has 0 radical (unpaired) electrons. The molecule has 0 saturated carbocycles. The van der Waals surface area contributed by atoms with Crippen molar-refractivity contribution in [1.29, 1.82) is 0 Å². The Morgan fingerprint density at radius 2 is 1.46 bits per heavy atom. The van der Waals surface area contributed by atoms with Gasteiger partial charge in [0.25, 0.3) is 0 Å². The molecule has 4 rings (SSSR count). The number of ketones is 1. The number of hydrogen-bond acceptors (Lipinski definition) is 2. The highest BCUT2D eigenvalue weighted by atomic mass is 16.1. The number of carbonyl (C=O) groups excluding carboxylic acids is 1. The first-order chi connectivity index (χ1) is 11.8. The van der Waals surface area contributed by atoms with Gasteiger partial charge in [0.15, 0.2) is 5.78 Å². The molecule has 4 aromatic rings. The largest absolute Gasteiger partial charge is 0.397 e. The van der Waals surface area contributed by atoms with Crippen molar-refractivity contribution in [2.75, 3.05) is 5.73 Å². The highest BCUT2D eigenvalue weighted by molar-refractivity contribution is 6.11. The van der Waals surface area contributed by atoms with Crippen LogP contribution in [0, 0.1) is 0 Å². The first kappa shape index (κ1) is 14.3. The van der Waals surface area contributed by atoms with Gasteiger partial charge in [-0.25, -0.2) is 0 Å². The molecule has 0 fully saturated rings. The number of carbonyl (C=O) groups is 1. The quantitative estimate of drug-likeness (QED) is 0.568. The van der Waals surface area contributed by atoms with Crippen molar-refractivity contribution >= 4 is 22.4 Å². The molecule has 3 aromatic carbocycles. The minimum Gasteiger partial charge on any atom is -0.397 e. The van der Waals surface area contributed by atoms with Gasteiger partial charge in [-0.2, -0.15) is 0 Å². The van der Waals surface area contributed by atoms with Crippen LogP contribution in [0.5, 0.6) is 0 Å². The van der Waals surface area contributed by atoms with Crippen LogP contribution < -0.4 is 5.73 Å². The van der Waals surface area contributed by atoms with Crippen molar-refractivity contribution in [3.63, 3.8) is 0 Å². The predicted molar refractivity (Wildman–Crippen MR) is 97.6 cm³/mol. The number of aromatic nitrogens is 1. The van der Waals surface area contributed by atoms with E-state index in [4.69, 9.17) is 5.73 Å². The van der Waals surface area contributed by atoms with Crippen LogP contribution in [-0.4, -0.2) is 10.4 Å². The molecular weight excluding hydrogens is 296 g/mol. The summed E-state index contributed by atoms with van der Waals surface area (Å²) in [5.74, 6) is 0.00236. The topological polar surface area (TPSA) is 48.0 Å². The molecule has 0 aliphatic carbocycles. The molecule has 1 aromatic heterocycles. The molecule has 24 heavy (non-hydrogen) atoms. The summed E-state index contributed by atoms with van der Waals surface area (Å²) in [6, 6.07) is 24.9. The molecule has 0 amide bonds. The van der Waals surface area contributed by atoms with Crippen LogP contribution in [0.3, 0.4) is 0 Å². The average molecular weight is 312 g/mol. The fraction of sp³-hybridized carbons (Fsp3) is 0. The van der Waals surface area contributed by atoms with Crippen LogP contribution >= 0.6 is 0 Å². The number of benzene rings is 3. The number of nitrogen functional groups attached to an aromatic ring is 1. The molecule has 1 heterocycles. The van der Waals surface area contributed by atoms with E-state index in [2.05, 4.69) is 0 Å². The predicted octanol–water partition coefficient (Wildman–Crippen LogP) is 4.44. The van der Waals surface area contributed by atoms with Crippen molar-refractivity contribution in [3.8, 4) is 5.69 Å². The molecule has 116 valence electrons. The van der Waals surface area contributed by atoms with E-state index in [-0.39, 0.29) is 5.78 Å². The van der Waals surface area contributed by atoms with Gasteiger partial charge in [0.2, 0.25) is 0 Å². The number of rotatable bonds is 3. The monoisotopic (exact) mass is 312 g/mol. The maximum Gasteiger partial charge on any atom is 0.195 e. The lowest BCUT2D eigenvalue weighted by Gasteiger charge is -2.11. The van der Waals surface area contributed by atoms with E-state index in [0.717, 1.165) is 16.6 Å². The highest BCUT2D eigenvalue weighted by Gasteiger charge is 2.16. The van der Waals surface area contributed by atoms with E-state index in [1.807, 2.05) is 89.6 Å². The molecule has 0 saturated heterocycles. The minimum absolute atomic E-state index is 0.00236. The van der Waals surface area contributed by atoms with E-state index in [1.165, 1.54) is 0 Å². The summed E-state index contributed by atoms with van der Waals surface area (Å²) in [5, 5.41) is 0.986. The molecule has 0 unspecified atom stereocenters. The molecular formula is C21H16N2O. The van der Waals surface area contributed by atoms with Gasteiger partial charge in [0.1, 0.15) is 0 Å². The summed E-state index contributed by atoms with van der Waals surface area (Å²) in [5.41, 5.74) is 10.0. The summed E-state index contributed by atoms with van der Waals surface area (Å²) in [7, 11) is 0. The van der Waals surface area contributed by atoms with E-state index >= 15 is 0 Å². The Bertz CT molecular complexity index is 1030. The molecule has 0 spiro atoms. The molecule has 3 heteroatoms. The van der Waals surface area contributed by atoms with E-state index in [1.54, 1.807) is 0 Å². The smallest absolute Gasteiger partial charge is 0.195 e. The van der Waals surface area contributed by atoms with E-state index < -0.39 is 0 Å². The Morgan fingerprint density at radius 3 is 2.29 bits per heavy atom. The van der Waals surface area contributed by atoms with E-state index in [0.29, 0.717) is 16.8 Å². The zero-order valence-corrected chi connectivity index (χ0v) is 13.0. The number of hydrogen-bond donors (Lipinski definition) is 1. The third-order valence-corrected chi connectivity index (χ3v) is 4.19. The summed E-state index contributed by atoms with van der Waals surface area (Å²) in [4.78, 5) is 12.9. The van der Waals surface area contributed by atoms with Crippen LogP contribution in [0.2, 0.25) is 0 Å². The van der Waals surface area contributed by atoms with Gasteiger partial charge >= 0.3 is 0 Å². The number of fused-ring (bicyclic) bond motifs is 1. The first-order valence-electron chi connectivity index (χ1n) is 7.80. The van der Waals surface area contributed by atoms with Crippen LogP contribution in [0.4, 0.5) is 5.69 Å². The van der Waals surface area contributed by atoms with Crippen molar-refractivity contribution in [1.82, 2.24) is 4.57 Å². The molecule has 0 aliphatic heterocycles. The second-order valence-electron chi connectivity index (χ2n) is 5.68. The first-order valence-corrected chi connectivity index (χ1v) is 7.80. The fourth-order valence-electron chi connectivity index (χ4n) is 3.03. The van der Waals surface area contributed by atoms with Gasteiger partial charge in [-0.05, 0) is 18.2 Å². The zero-order valence-electron chi connectivity index (χ0n) is 13.0. The number of para-hydroxylation sites is 2. The average Bonchev–Trinajstić information content (AvgIpc) is 2.99. The third kappa shape index (κ3) is 2.27. The molecule has 0 bridgehead atoms. The number of anilines is 1. The summed E-state index contributed by atoms with van der Waals surface area (Å²) in [6.45, 7) is 0. The standard InChI is InChI=1S/C21H16N2O/c22-18-14-23(19-12-6-4-10-16(18)19)20-13-7-5-11-17(20)21(24)15-8-2-1-3-9-15/h1-14H,22H2. The van der Waals surface area contributed by atoms with Gasteiger partial charge in [-0.15, -0.1) is 0 Å². The van der Waals surface area contributed by atoms with Gasteiger partial charge in [-0.1, -0.05) is 60.7 Å². The summed E-state index contributed by atoms with van der Waals surface area (Å²) >= 11 is 0. The van der Waals surface area contributed by atoms with Gasteiger partial charge in [0.05, 0.1) is 16.9 Å². The Balaban J connectivity index is 1.92. The Hall–Kier alpha value is -3.33. The summed E-state index contributed by atoms with van der Waals surface area (Å²) in [6.07, 6.45) is 1.88. The molecule has 3 nitrogen and oxygen atoms in total. The van der Waals surface area contributed by atoms with Crippen LogP contribution in [0.1, 0.15) is 15.9 Å². The Kier molecular flexibility index (Phi) is 3.39. The minimum atomic E-state index is 0.00236. The van der Waals surface area contributed by atoms with Crippen molar-refractivity contribution in [2.45, 2.75) is 0 Å². The second-order valence-corrected chi connectivity index (χ2v) is 5.68. The van der Waals surface area contributed by atoms with E-state index in [9.17, 15) is 4.79 Å². The Labute approximate surface area is 140 Å². The molecule has 0 aliphatic rings. The maximum atomic E-state index is 12.9. The number of nitrogens with two attached hydrogens (primary N) is 1. The Morgan fingerprint density at radius 1 is 0.792 bits per heavy atom. The van der Waals surface area contributed by atoms with Crippen LogP contribution in [0.15, 0.2) is 85.1 Å². The van der Waals surface area contributed by atoms with Gasteiger partial charge < -0.3 is 10.3 Å². The second kappa shape index (κ2) is 5.70. The molecule has 2 N–H and O–H groups in total. The van der Waals surface area contributed by atoms with Crippen LogP contribution in [-0.2, 0) is 0 Å². The summed E-state index contributed by atoms with van der Waals surface area (Å²) < 4.78 is 1.99. The fourth-order valence-corrected chi connectivity index (χ4v) is 3.03. The third-order valence-electron chi connectivity index (χ3n) is 4.19. The van der Waals surface area contributed by atoms with Crippen molar-refractivity contribution < 1.29 is 4.79 Å². The lowest BCUT2D eigenvalue weighted by molar-refractivity contribution is 0.103. The lowest BCUT2D eigenvalue weighted by atomic mass is 10.0. The normalized spacial score (nSPS) is 10.8. The zero-order chi connectivity index (χ0) is 16.5. The maximum absolute atomic E-state index is 12.9. The number of nitrogens with zero attached hydrogens (tertiary/aromatic N) is 1. The highest BCUT2D eigenvalue weighted by Crippen LogP contribution is 2.28. The van der Waals surface area contributed by atoms with Crippen molar-refractivity contribution in [3.05, 3.63) is 96.2 Å². The van der Waals surface area contributed by atoms with Crippen molar-refractivity contribution in [2.24, 2.45) is 0 Å². The van der Waals surface area contributed by atoms with Gasteiger partial charge in [-0.3, -0.25) is 4.79 Å². The van der Waals surface area contributed by atoms with Crippen LogP contribution in [0.25, 0.3) is 16.6 Å².